The Labute approximate surface area is 189 Å². The van der Waals surface area contributed by atoms with Gasteiger partial charge in [0, 0.05) is 18.8 Å². The van der Waals surface area contributed by atoms with Crippen LogP contribution in [0.3, 0.4) is 0 Å². The smallest absolute Gasteiger partial charge is 0.265 e. The summed E-state index contributed by atoms with van der Waals surface area (Å²) in [4.78, 5) is 26.3. The first-order chi connectivity index (χ1) is 15.3. The average Bonchev–Trinajstić information content (AvgIpc) is 2.78. The molecular formula is C21H21ClFN3O5S. The first kappa shape index (κ1) is 22.5. The number of nitrogens with zero attached hydrogens (tertiary/aromatic N) is 2. The van der Waals surface area contributed by atoms with Gasteiger partial charge < -0.3 is 10.1 Å². The van der Waals surface area contributed by atoms with E-state index in [1.54, 1.807) is 0 Å². The van der Waals surface area contributed by atoms with Crippen LogP contribution < -0.4 is 15.0 Å². The van der Waals surface area contributed by atoms with Gasteiger partial charge in [-0.2, -0.15) is 4.31 Å². The van der Waals surface area contributed by atoms with Gasteiger partial charge in [0.1, 0.15) is 18.1 Å². The minimum atomic E-state index is -3.73. The van der Waals surface area contributed by atoms with Gasteiger partial charge in [0.25, 0.3) is 5.91 Å². The van der Waals surface area contributed by atoms with Gasteiger partial charge in [0.15, 0.2) is 6.61 Å². The van der Waals surface area contributed by atoms with Crippen LogP contribution in [0.5, 0.6) is 5.75 Å². The maximum Gasteiger partial charge on any atom is 0.265 e. The summed E-state index contributed by atoms with van der Waals surface area (Å²) in [6, 6.07) is 8.01. The highest BCUT2D eigenvalue weighted by Crippen LogP contribution is 2.35. The predicted molar refractivity (Wildman–Crippen MR) is 117 cm³/mol. The van der Waals surface area contributed by atoms with Crippen LogP contribution in [0, 0.1) is 5.82 Å². The molecule has 4 rings (SSSR count). The van der Waals surface area contributed by atoms with E-state index < -0.39 is 27.7 Å². The van der Waals surface area contributed by atoms with E-state index in [9.17, 15) is 22.4 Å². The number of amides is 2. The number of rotatable bonds is 5. The van der Waals surface area contributed by atoms with E-state index in [0.717, 1.165) is 25.3 Å². The van der Waals surface area contributed by atoms with Crippen LogP contribution >= 0.6 is 11.6 Å². The van der Waals surface area contributed by atoms with Crippen LogP contribution in [-0.4, -0.2) is 50.8 Å². The van der Waals surface area contributed by atoms with Gasteiger partial charge in [-0.05, 0) is 49.2 Å². The van der Waals surface area contributed by atoms with Crippen molar-refractivity contribution in [3.63, 3.8) is 0 Å². The van der Waals surface area contributed by atoms with E-state index in [-0.39, 0.29) is 34.4 Å². The Bertz CT molecular complexity index is 1170. The number of anilines is 2. The van der Waals surface area contributed by atoms with Gasteiger partial charge in [0.2, 0.25) is 15.9 Å². The van der Waals surface area contributed by atoms with Crippen LogP contribution in [0.4, 0.5) is 15.8 Å². The van der Waals surface area contributed by atoms with Crippen LogP contribution in [0.2, 0.25) is 5.02 Å². The summed E-state index contributed by atoms with van der Waals surface area (Å²) in [5.41, 5.74) is 0.468. The molecule has 2 amide bonds. The van der Waals surface area contributed by atoms with Crippen molar-refractivity contribution in [2.75, 3.05) is 36.5 Å². The zero-order valence-electron chi connectivity index (χ0n) is 17.0. The first-order valence-corrected chi connectivity index (χ1v) is 11.9. The molecule has 0 aliphatic carbocycles. The molecule has 8 nitrogen and oxygen atoms in total. The fourth-order valence-corrected chi connectivity index (χ4v) is 5.41. The summed E-state index contributed by atoms with van der Waals surface area (Å²) < 4.78 is 46.3. The monoisotopic (exact) mass is 481 g/mol. The Morgan fingerprint density at radius 3 is 2.59 bits per heavy atom. The fourth-order valence-electron chi connectivity index (χ4n) is 3.69. The van der Waals surface area contributed by atoms with Gasteiger partial charge in [-0.15, -0.1) is 0 Å². The second-order valence-electron chi connectivity index (χ2n) is 7.54. The van der Waals surface area contributed by atoms with Crippen molar-refractivity contribution in [3.8, 4) is 5.75 Å². The molecule has 2 aliphatic heterocycles. The lowest BCUT2D eigenvalue weighted by Crippen LogP contribution is -2.43. The van der Waals surface area contributed by atoms with Crippen molar-refractivity contribution >= 4 is 44.8 Å². The van der Waals surface area contributed by atoms with Crippen molar-refractivity contribution < 1.29 is 27.1 Å². The van der Waals surface area contributed by atoms with E-state index in [1.165, 1.54) is 39.5 Å². The van der Waals surface area contributed by atoms with E-state index in [1.807, 2.05) is 0 Å². The molecule has 0 radical (unpaired) electrons. The third-order valence-electron chi connectivity index (χ3n) is 5.33. The Hall–Kier alpha value is -2.69. The highest BCUT2D eigenvalue weighted by molar-refractivity contribution is 7.89. The second kappa shape index (κ2) is 9.05. The number of nitrogens with one attached hydrogen (secondary N) is 1. The lowest BCUT2D eigenvalue weighted by atomic mass is 10.2. The highest BCUT2D eigenvalue weighted by Gasteiger charge is 2.31. The Morgan fingerprint density at radius 2 is 1.88 bits per heavy atom. The number of carbonyl (C=O) groups is 2. The van der Waals surface area contributed by atoms with E-state index >= 15 is 0 Å². The van der Waals surface area contributed by atoms with Crippen LogP contribution in [0.15, 0.2) is 41.3 Å². The summed E-state index contributed by atoms with van der Waals surface area (Å²) >= 11 is 5.74. The standard InChI is InChI=1S/C21H21ClFN3O5S/c22-16-10-14(4-6-17(16)23)24-20(27)12-26-18-11-15(5-7-19(18)31-13-21(26)28)32(29,30)25-8-2-1-3-9-25/h4-7,10-11H,1-3,8-9,12-13H2,(H,24,27). The summed E-state index contributed by atoms with van der Waals surface area (Å²) in [5, 5.41) is 2.40. The number of hydrogen-bond donors (Lipinski definition) is 1. The molecule has 0 spiro atoms. The van der Waals surface area contributed by atoms with Crippen molar-refractivity contribution in [2.24, 2.45) is 0 Å². The van der Waals surface area contributed by atoms with Crippen molar-refractivity contribution in [2.45, 2.75) is 24.2 Å². The van der Waals surface area contributed by atoms with Gasteiger partial charge >= 0.3 is 0 Å². The molecule has 2 aromatic carbocycles. The lowest BCUT2D eigenvalue weighted by Gasteiger charge is -2.30. The average molecular weight is 482 g/mol. The zero-order valence-corrected chi connectivity index (χ0v) is 18.6. The van der Waals surface area contributed by atoms with Gasteiger partial charge in [-0.1, -0.05) is 18.0 Å². The summed E-state index contributed by atoms with van der Waals surface area (Å²) in [7, 11) is -3.73. The Balaban J connectivity index is 1.58. The maximum atomic E-state index is 13.3. The summed E-state index contributed by atoms with van der Waals surface area (Å²) in [5.74, 6) is -1.36. The van der Waals surface area contributed by atoms with Crippen molar-refractivity contribution in [3.05, 3.63) is 47.2 Å². The molecule has 32 heavy (non-hydrogen) atoms. The molecule has 0 saturated carbocycles. The molecular weight excluding hydrogens is 461 g/mol. The van der Waals surface area contributed by atoms with Gasteiger partial charge in [0.05, 0.1) is 15.6 Å². The Morgan fingerprint density at radius 1 is 1.12 bits per heavy atom. The minimum Gasteiger partial charge on any atom is -0.482 e. The third-order valence-corrected chi connectivity index (χ3v) is 7.52. The summed E-state index contributed by atoms with van der Waals surface area (Å²) in [6.07, 6.45) is 2.58. The molecule has 170 valence electrons. The summed E-state index contributed by atoms with van der Waals surface area (Å²) in [6.45, 7) is 0.237. The minimum absolute atomic E-state index is 0.0344. The van der Waals surface area contributed by atoms with Crippen molar-refractivity contribution in [1.82, 2.24) is 4.31 Å². The highest BCUT2D eigenvalue weighted by atomic mass is 35.5. The van der Waals surface area contributed by atoms with E-state index in [4.69, 9.17) is 16.3 Å². The van der Waals surface area contributed by atoms with Gasteiger partial charge in [-0.25, -0.2) is 12.8 Å². The number of fused-ring (bicyclic) bond motifs is 1. The molecule has 2 aliphatic rings. The number of ether oxygens (including phenoxy) is 1. The lowest BCUT2D eigenvalue weighted by molar-refractivity contribution is -0.123. The normalized spacial score (nSPS) is 16.9. The number of piperidine rings is 1. The first-order valence-electron chi connectivity index (χ1n) is 10.1. The third kappa shape index (κ3) is 4.57. The molecule has 1 saturated heterocycles. The van der Waals surface area contributed by atoms with Crippen LogP contribution in [0.1, 0.15) is 19.3 Å². The number of carbonyl (C=O) groups excluding carboxylic acids is 2. The second-order valence-corrected chi connectivity index (χ2v) is 9.89. The van der Waals surface area contributed by atoms with Crippen molar-refractivity contribution in [1.29, 1.82) is 0 Å². The molecule has 2 aromatic rings. The SMILES string of the molecule is O=C(CN1C(=O)COc2ccc(S(=O)(=O)N3CCCCC3)cc21)Nc1ccc(F)c(Cl)c1. The number of sulfonamides is 1. The van der Waals surface area contributed by atoms with Crippen LogP contribution in [-0.2, 0) is 19.6 Å². The van der Waals surface area contributed by atoms with Gasteiger partial charge in [-0.3, -0.25) is 14.5 Å². The Kier molecular flexibility index (Phi) is 6.36. The zero-order chi connectivity index (χ0) is 22.9. The largest absolute Gasteiger partial charge is 0.482 e. The van der Waals surface area contributed by atoms with Crippen LogP contribution in [0.25, 0.3) is 0 Å². The molecule has 0 unspecified atom stereocenters. The number of halogens is 2. The topological polar surface area (TPSA) is 96.0 Å². The molecule has 0 bridgehead atoms. The maximum absolute atomic E-state index is 13.3. The molecule has 0 aromatic heterocycles. The molecule has 2 heterocycles. The van der Waals surface area contributed by atoms with E-state index in [0.29, 0.717) is 18.8 Å². The molecule has 11 heteroatoms. The molecule has 1 N–H and O–H groups in total. The fraction of sp³-hybridized carbons (Fsp3) is 0.333. The predicted octanol–water partition coefficient (Wildman–Crippen LogP) is 3.02. The molecule has 0 atom stereocenters. The van der Waals surface area contributed by atoms with E-state index in [2.05, 4.69) is 5.32 Å². The number of hydrogen-bond acceptors (Lipinski definition) is 5. The number of benzene rings is 2. The molecule has 1 fully saturated rings. The quantitative estimate of drug-likeness (QED) is 0.708.